The number of carbonyl (C=O) groups is 2. The van der Waals surface area contributed by atoms with E-state index in [0.717, 1.165) is 51.6 Å². The smallest absolute Gasteiger partial charge is 0.332 e. The molecule has 0 heterocycles. The fourth-order valence-electron chi connectivity index (χ4n) is 4.04. The van der Waals surface area contributed by atoms with Crippen molar-refractivity contribution in [2.75, 3.05) is 13.1 Å². The molecule has 0 aliphatic rings. The van der Waals surface area contributed by atoms with Crippen LogP contribution in [0, 0.1) is 0 Å². The van der Waals surface area contributed by atoms with Crippen molar-refractivity contribution in [3.05, 3.63) is 12.2 Å². The summed E-state index contributed by atoms with van der Waals surface area (Å²) in [4.78, 5) is 28.9. The monoisotopic (exact) mass is 426 g/mol. The van der Waals surface area contributed by atoms with Crippen LogP contribution in [0.15, 0.2) is 12.2 Å². The molecule has 0 saturated heterocycles. The first-order valence-electron chi connectivity index (χ1n) is 11.9. The lowest BCUT2D eigenvalue weighted by Gasteiger charge is -2.34. The van der Waals surface area contributed by atoms with E-state index in [1.807, 2.05) is 13.8 Å². The standard InChI is InChI=1S/C24H46N2O4/c1-9-17-25(21(11-3)12-4)19(7)29-23(27)15-16-24(28)30-20(8)26(18-10-2)22(13-5)14-6/h15-16,19-22H,9-14,17-18H2,1-8H3/b16-15-. The summed E-state index contributed by atoms with van der Waals surface area (Å²) < 4.78 is 11.1. The molecule has 0 N–H and O–H groups in total. The van der Waals surface area contributed by atoms with Crippen LogP contribution in [-0.4, -0.2) is 59.4 Å². The van der Waals surface area contributed by atoms with Gasteiger partial charge in [0.2, 0.25) is 0 Å². The molecule has 6 nitrogen and oxygen atoms in total. The Labute approximate surface area is 185 Å². The van der Waals surface area contributed by atoms with E-state index < -0.39 is 11.9 Å². The minimum absolute atomic E-state index is 0.336. The molecule has 0 saturated carbocycles. The van der Waals surface area contributed by atoms with Crippen molar-refractivity contribution in [3.8, 4) is 0 Å². The second-order valence-corrected chi connectivity index (χ2v) is 7.82. The Morgan fingerprint density at radius 3 is 1.20 bits per heavy atom. The number of carbonyl (C=O) groups excluding carboxylic acids is 2. The van der Waals surface area contributed by atoms with Gasteiger partial charge in [-0.2, -0.15) is 0 Å². The van der Waals surface area contributed by atoms with E-state index in [1.54, 1.807) is 0 Å². The van der Waals surface area contributed by atoms with Gasteiger partial charge in [-0.05, 0) is 52.4 Å². The fourth-order valence-corrected chi connectivity index (χ4v) is 4.04. The summed E-state index contributed by atoms with van der Waals surface area (Å²) in [5, 5.41) is 0. The van der Waals surface area contributed by atoms with Crippen LogP contribution >= 0.6 is 0 Å². The third kappa shape index (κ3) is 10.1. The van der Waals surface area contributed by atoms with Gasteiger partial charge in [0.15, 0.2) is 12.5 Å². The quantitative estimate of drug-likeness (QED) is 0.194. The van der Waals surface area contributed by atoms with Crippen molar-refractivity contribution in [1.29, 1.82) is 0 Å². The number of hydrogen-bond acceptors (Lipinski definition) is 6. The van der Waals surface area contributed by atoms with E-state index in [-0.39, 0.29) is 12.5 Å². The highest BCUT2D eigenvalue weighted by atomic mass is 16.6. The molecule has 0 radical (unpaired) electrons. The van der Waals surface area contributed by atoms with E-state index in [4.69, 9.17) is 9.47 Å². The molecular weight excluding hydrogens is 380 g/mol. The van der Waals surface area contributed by atoms with Crippen LogP contribution < -0.4 is 0 Å². The van der Waals surface area contributed by atoms with Gasteiger partial charge in [-0.25, -0.2) is 9.59 Å². The van der Waals surface area contributed by atoms with Crippen molar-refractivity contribution in [1.82, 2.24) is 9.80 Å². The van der Waals surface area contributed by atoms with Gasteiger partial charge in [0, 0.05) is 37.3 Å². The second-order valence-electron chi connectivity index (χ2n) is 7.82. The molecule has 30 heavy (non-hydrogen) atoms. The molecule has 0 aliphatic carbocycles. The maximum absolute atomic E-state index is 12.2. The first-order chi connectivity index (χ1) is 14.3. The molecule has 176 valence electrons. The van der Waals surface area contributed by atoms with Crippen LogP contribution in [0.25, 0.3) is 0 Å². The second kappa shape index (κ2) is 16.3. The molecule has 0 amide bonds. The van der Waals surface area contributed by atoms with Crippen molar-refractivity contribution >= 4 is 11.9 Å². The first-order valence-corrected chi connectivity index (χ1v) is 11.9. The van der Waals surface area contributed by atoms with E-state index >= 15 is 0 Å². The normalized spacial score (nSPS) is 14.1. The molecule has 0 fully saturated rings. The molecule has 0 aromatic rings. The van der Waals surface area contributed by atoms with Gasteiger partial charge in [-0.1, -0.05) is 41.5 Å². The topological polar surface area (TPSA) is 59.1 Å². The third-order valence-corrected chi connectivity index (χ3v) is 5.65. The van der Waals surface area contributed by atoms with Gasteiger partial charge in [0.05, 0.1) is 0 Å². The van der Waals surface area contributed by atoms with Crippen LogP contribution in [0.2, 0.25) is 0 Å². The van der Waals surface area contributed by atoms with Gasteiger partial charge in [0.1, 0.15) is 0 Å². The summed E-state index contributed by atoms with van der Waals surface area (Å²) in [6, 6.07) is 0.745. The van der Waals surface area contributed by atoms with E-state index in [2.05, 4.69) is 51.3 Å². The summed E-state index contributed by atoms with van der Waals surface area (Å²) in [5.74, 6) is -1.05. The molecule has 0 rings (SSSR count). The first kappa shape index (κ1) is 28.6. The Hall–Kier alpha value is -1.40. The Morgan fingerprint density at radius 2 is 0.967 bits per heavy atom. The molecule has 0 bridgehead atoms. The molecule has 0 aromatic heterocycles. The molecular formula is C24H46N2O4. The van der Waals surface area contributed by atoms with E-state index in [1.165, 1.54) is 12.2 Å². The zero-order chi connectivity index (χ0) is 23.1. The number of hydrogen-bond donors (Lipinski definition) is 0. The Bertz CT molecular complexity index is 457. The van der Waals surface area contributed by atoms with Crippen molar-refractivity contribution in [3.63, 3.8) is 0 Å². The molecule has 2 unspecified atom stereocenters. The third-order valence-electron chi connectivity index (χ3n) is 5.65. The lowest BCUT2D eigenvalue weighted by Crippen LogP contribution is -2.44. The minimum Gasteiger partial charge on any atom is -0.443 e. The van der Waals surface area contributed by atoms with Crippen LogP contribution in [0.3, 0.4) is 0 Å². The largest absolute Gasteiger partial charge is 0.443 e. The van der Waals surface area contributed by atoms with Gasteiger partial charge in [-0.15, -0.1) is 0 Å². The highest BCUT2D eigenvalue weighted by molar-refractivity contribution is 5.91. The molecule has 6 heteroatoms. The number of esters is 2. The lowest BCUT2D eigenvalue weighted by molar-refractivity contribution is -0.156. The Kier molecular flexibility index (Phi) is 15.6. The SMILES string of the molecule is CCCN(C(CC)CC)C(C)OC(=O)/C=C\C(=O)OC(C)N(CCC)C(CC)CC. The van der Waals surface area contributed by atoms with Crippen LogP contribution in [-0.2, 0) is 19.1 Å². The molecule has 0 aromatic carbocycles. The summed E-state index contributed by atoms with van der Waals surface area (Å²) in [6.07, 6.45) is 7.66. The molecule has 0 spiro atoms. The molecule has 2 atom stereocenters. The van der Waals surface area contributed by atoms with Crippen LogP contribution in [0.1, 0.15) is 93.9 Å². The predicted molar refractivity (Wildman–Crippen MR) is 123 cm³/mol. The summed E-state index contributed by atoms with van der Waals surface area (Å²) in [6.45, 7) is 18.3. The van der Waals surface area contributed by atoms with Gasteiger partial charge >= 0.3 is 11.9 Å². The Morgan fingerprint density at radius 1 is 0.667 bits per heavy atom. The van der Waals surface area contributed by atoms with Gasteiger partial charge in [-0.3, -0.25) is 9.80 Å². The number of ether oxygens (including phenoxy) is 2. The van der Waals surface area contributed by atoms with Crippen molar-refractivity contribution < 1.29 is 19.1 Å². The molecule has 0 aliphatic heterocycles. The fraction of sp³-hybridized carbons (Fsp3) is 0.833. The van der Waals surface area contributed by atoms with Gasteiger partial charge < -0.3 is 9.47 Å². The maximum atomic E-state index is 12.2. The van der Waals surface area contributed by atoms with Crippen LogP contribution in [0.5, 0.6) is 0 Å². The van der Waals surface area contributed by atoms with E-state index in [9.17, 15) is 9.59 Å². The Balaban J connectivity index is 4.86. The number of nitrogens with zero attached hydrogens (tertiary/aromatic N) is 2. The lowest BCUT2D eigenvalue weighted by atomic mass is 10.1. The zero-order valence-corrected chi connectivity index (χ0v) is 20.6. The summed E-state index contributed by atoms with van der Waals surface area (Å²) in [5.41, 5.74) is 0. The average Bonchev–Trinajstić information content (AvgIpc) is 2.72. The van der Waals surface area contributed by atoms with Crippen molar-refractivity contribution in [2.24, 2.45) is 0 Å². The summed E-state index contributed by atoms with van der Waals surface area (Å²) >= 11 is 0. The van der Waals surface area contributed by atoms with E-state index in [0.29, 0.717) is 12.1 Å². The predicted octanol–water partition coefficient (Wildman–Crippen LogP) is 5.12. The van der Waals surface area contributed by atoms with Crippen LogP contribution in [0.4, 0.5) is 0 Å². The highest BCUT2D eigenvalue weighted by Gasteiger charge is 2.24. The zero-order valence-electron chi connectivity index (χ0n) is 20.6. The number of rotatable bonds is 16. The minimum atomic E-state index is -0.524. The van der Waals surface area contributed by atoms with Gasteiger partial charge in [0.25, 0.3) is 0 Å². The maximum Gasteiger partial charge on any atom is 0.332 e. The van der Waals surface area contributed by atoms with Crippen molar-refractivity contribution in [2.45, 2.75) is 118 Å². The summed E-state index contributed by atoms with van der Waals surface area (Å²) in [7, 11) is 0. The highest BCUT2D eigenvalue weighted by Crippen LogP contribution is 2.16. The average molecular weight is 427 g/mol.